The van der Waals surface area contributed by atoms with E-state index >= 15 is 0 Å². The highest BCUT2D eigenvalue weighted by molar-refractivity contribution is 5.86. The SMILES string of the molecule is O=CCn1ccc2c(O)cccc21. The van der Waals surface area contributed by atoms with Crippen molar-refractivity contribution in [3.05, 3.63) is 30.5 Å². The number of rotatable bonds is 2. The second-order valence-electron chi connectivity index (χ2n) is 2.84. The Labute approximate surface area is 75.2 Å². The van der Waals surface area contributed by atoms with Crippen LogP contribution in [0.25, 0.3) is 10.9 Å². The second-order valence-corrected chi connectivity index (χ2v) is 2.84. The lowest BCUT2D eigenvalue weighted by atomic mass is 10.2. The molecular formula is C10H9NO2. The van der Waals surface area contributed by atoms with Crippen molar-refractivity contribution in [1.82, 2.24) is 4.57 Å². The summed E-state index contributed by atoms with van der Waals surface area (Å²) in [5.74, 6) is 0.252. The summed E-state index contributed by atoms with van der Waals surface area (Å²) in [5.41, 5.74) is 0.882. The Hall–Kier alpha value is -1.77. The van der Waals surface area contributed by atoms with Crippen molar-refractivity contribution in [3.63, 3.8) is 0 Å². The molecule has 1 N–H and O–H groups in total. The van der Waals surface area contributed by atoms with Crippen molar-refractivity contribution < 1.29 is 9.90 Å². The first-order valence-corrected chi connectivity index (χ1v) is 4.03. The minimum absolute atomic E-state index is 0.252. The molecule has 0 amide bonds. The van der Waals surface area contributed by atoms with Gasteiger partial charge in [-0.15, -0.1) is 0 Å². The van der Waals surface area contributed by atoms with Gasteiger partial charge in [-0.25, -0.2) is 0 Å². The van der Waals surface area contributed by atoms with Crippen molar-refractivity contribution in [2.75, 3.05) is 0 Å². The molecule has 1 aromatic heterocycles. The first kappa shape index (κ1) is 7.86. The fourth-order valence-electron chi connectivity index (χ4n) is 1.45. The average molecular weight is 175 g/mol. The molecule has 0 spiro atoms. The molecule has 1 heterocycles. The molecule has 0 radical (unpaired) electrons. The Kier molecular flexibility index (Phi) is 1.77. The Morgan fingerprint density at radius 3 is 3.00 bits per heavy atom. The standard InChI is InChI=1S/C10H9NO2/c12-7-6-11-5-4-8-9(11)2-1-3-10(8)13/h1-5,7,13H,6H2. The number of aromatic hydroxyl groups is 1. The molecule has 1 aromatic carbocycles. The lowest BCUT2D eigenvalue weighted by Gasteiger charge is -1.99. The molecule has 0 fully saturated rings. The number of fused-ring (bicyclic) bond motifs is 1. The van der Waals surface area contributed by atoms with Gasteiger partial charge in [0.05, 0.1) is 12.1 Å². The van der Waals surface area contributed by atoms with Gasteiger partial charge in [0.15, 0.2) is 0 Å². The van der Waals surface area contributed by atoms with Gasteiger partial charge in [-0.2, -0.15) is 0 Å². The molecule has 0 saturated heterocycles. The van der Waals surface area contributed by atoms with Gasteiger partial charge in [0.2, 0.25) is 0 Å². The van der Waals surface area contributed by atoms with Crippen LogP contribution < -0.4 is 0 Å². The maximum Gasteiger partial charge on any atom is 0.139 e. The second kappa shape index (κ2) is 2.94. The molecule has 13 heavy (non-hydrogen) atoms. The van der Waals surface area contributed by atoms with Crippen molar-refractivity contribution >= 4 is 17.2 Å². The molecule has 0 saturated carbocycles. The molecule has 3 heteroatoms. The molecule has 0 bridgehead atoms. The van der Waals surface area contributed by atoms with Gasteiger partial charge >= 0.3 is 0 Å². The van der Waals surface area contributed by atoms with E-state index in [1.807, 2.05) is 6.07 Å². The third-order valence-corrected chi connectivity index (χ3v) is 2.06. The van der Waals surface area contributed by atoms with Crippen molar-refractivity contribution in [2.45, 2.75) is 6.54 Å². The summed E-state index contributed by atoms with van der Waals surface area (Å²) in [4.78, 5) is 10.3. The van der Waals surface area contributed by atoms with E-state index in [0.717, 1.165) is 17.2 Å². The highest BCUT2D eigenvalue weighted by Gasteiger charge is 2.02. The maximum absolute atomic E-state index is 10.3. The highest BCUT2D eigenvalue weighted by Crippen LogP contribution is 2.24. The molecule has 2 aromatic rings. The van der Waals surface area contributed by atoms with Crippen molar-refractivity contribution in [1.29, 1.82) is 0 Å². The molecule has 0 unspecified atom stereocenters. The zero-order valence-electron chi connectivity index (χ0n) is 6.97. The van der Waals surface area contributed by atoms with Crippen molar-refractivity contribution in [3.8, 4) is 5.75 Å². The van der Waals surface area contributed by atoms with Crippen LogP contribution in [0.1, 0.15) is 0 Å². The number of carbonyl (C=O) groups is 1. The fourth-order valence-corrected chi connectivity index (χ4v) is 1.45. The van der Waals surface area contributed by atoms with Crippen LogP contribution in [0, 0.1) is 0 Å². The minimum atomic E-state index is 0.252. The Balaban J connectivity index is 2.67. The lowest BCUT2D eigenvalue weighted by molar-refractivity contribution is -0.108. The van der Waals surface area contributed by atoms with E-state index in [1.54, 1.807) is 29.0 Å². The van der Waals surface area contributed by atoms with Crippen LogP contribution in [0.4, 0.5) is 0 Å². The van der Waals surface area contributed by atoms with E-state index in [2.05, 4.69) is 0 Å². The third kappa shape index (κ3) is 1.18. The van der Waals surface area contributed by atoms with Gasteiger partial charge in [0, 0.05) is 11.6 Å². The number of aldehydes is 1. The molecule has 0 aliphatic rings. The van der Waals surface area contributed by atoms with Crippen LogP contribution in [0.3, 0.4) is 0 Å². The lowest BCUT2D eigenvalue weighted by Crippen LogP contribution is -1.95. The van der Waals surface area contributed by atoms with Crippen LogP contribution in [0.2, 0.25) is 0 Å². The van der Waals surface area contributed by atoms with Gasteiger partial charge < -0.3 is 14.5 Å². The molecule has 0 aliphatic carbocycles. The number of carbonyl (C=O) groups excluding carboxylic acids is 1. The summed E-state index contributed by atoms with van der Waals surface area (Å²) in [7, 11) is 0. The number of hydrogen-bond acceptors (Lipinski definition) is 2. The first-order valence-electron chi connectivity index (χ1n) is 4.03. The fraction of sp³-hybridized carbons (Fsp3) is 0.100. The number of phenols is 1. The number of benzene rings is 1. The van der Waals surface area contributed by atoms with Crippen LogP contribution in [0.5, 0.6) is 5.75 Å². The first-order chi connectivity index (χ1) is 6.33. The van der Waals surface area contributed by atoms with Crippen LogP contribution in [0.15, 0.2) is 30.5 Å². The molecular weight excluding hydrogens is 166 g/mol. The number of nitrogens with zero attached hydrogens (tertiary/aromatic N) is 1. The van der Waals surface area contributed by atoms with E-state index in [4.69, 9.17) is 0 Å². The molecule has 0 atom stereocenters. The summed E-state index contributed by atoms with van der Waals surface area (Å²) in [6, 6.07) is 7.07. The van der Waals surface area contributed by atoms with Gasteiger partial charge in [0.1, 0.15) is 12.0 Å². The van der Waals surface area contributed by atoms with Crippen molar-refractivity contribution in [2.24, 2.45) is 0 Å². The van der Waals surface area contributed by atoms with Gasteiger partial charge in [-0.1, -0.05) is 6.07 Å². The monoisotopic (exact) mass is 175 g/mol. The van der Waals surface area contributed by atoms with Crippen LogP contribution in [-0.2, 0) is 11.3 Å². The zero-order valence-corrected chi connectivity index (χ0v) is 6.97. The molecule has 3 nitrogen and oxygen atoms in total. The van der Waals surface area contributed by atoms with E-state index in [9.17, 15) is 9.90 Å². The normalized spacial score (nSPS) is 10.5. The number of hydrogen-bond donors (Lipinski definition) is 1. The van der Waals surface area contributed by atoms with Crippen LogP contribution in [-0.4, -0.2) is 16.0 Å². The summed E-state index contributed by atoms with van der Waals surface area (Å²) < 4.78 is 1.79. The Morgan fingerprint density at radius 1 is 1.38 bits per heavy atom. The Bertz CT molecular complexity index is 445. The van der Waals surface area contributed by atoms with Gasteiger partial charge in [-0.3, -0.25) is 0 Å². The minimum Gasteiger partial charge on any atom is -0.507 e. The molecule has 0 aliphatic heterocycles. The summed E-state index contributed by atoms with van der Waals surface area (Å²) in [6.07, 6.45) is 2.63. The topological polar surface area (TPSA) is 42.2 Å². The predicted octanol–water partition coefficient (Wildman–Crippen LogP) is 1.55. The maximum atomic E-state index is 10.3. The number of aromatic nitrogens is 1. The highest BCUT2D eigenvalue weighted by atomic mass is 16.3. The summed E-state index contributed by atoms with van der Waals surface area (Å²) >= 11 is 0. The molecule has 66 valence electrons. The zero-order chi connectivity index (χ0) is 9.26. The third-order valence-electron chi connectivity index (χ3n) is 2.06. The Morgan fingerprint density at radius 2 is 2.23 bits per heavy atom. The average Bonchev–Trinajstić information content (AvgIpc) is 2.51. The summed E-state index contributed by atoms with van der Waals surface area (Å²) in [6.45, 7) is 0.326. The van der Waals surface area contributed by atoms with E-state index < -0.39 is 0 Å². The smallest absolute Gasteiger partial charge is 0.139 e. The number of phenolic OH excluding ortho intramolecular Hbond substituents is 1. The largest absolute Gasteiger partial charge is 0.507 e. The van der Waals surface area contributed by atoms with E-state index in [0.29, 0.717) is 6.54 Å². The predicted molar refractivity (Wildman–Crippen MR) is 49.7 cm³/mol. The van der Waals surface area contributed by atoms with E-state index in [-0.39, 0.29) is 5.75 Å². The van der Waals surface area contributed by atoms with E-state index in [1.165, 1.54) is 0 Å². The van der Waals surface area contributed by atoms with Gasteiger partial charge in [-0.05, 0) is 18.2 Å². The quantitative estimate of drug-likeness (QED) is 0.703. The summed E-state index contributed by atoms with van der Waals surface area (Å²) in [5, 5.41) is 10.2. The van der Waals surface area contributed by atoms with Gasteiger partial charge in [0.25, 0.3) is 0 Å². The molecule has 2 rings (SSSR count). The van der Waals surface area contributed by atoms with Crippen LogP contribution >= 0.6 is 0 Å².